The van der Waals surface area contributed by atoms with Crippen molar-refractivity contribution in [2.75, 3.05) is 30.9 Å². The van der Waals surface area contributed by atoms with Crippen LogP contribution in [0.25, 0.3) is 32.4 Å². The second-order valence-corrected chi connectivity index (χ2v) is 10.6. The van der Waals surface area contributed by atoms with Crippen molar-refractivity contribution in [1.29, 1.82) is 0 Å². The number of rotatable bonds is 6. The molecule has 0 atom stereocenters. The monoisotopic (exact) mass is 503 g/mol. The van der Waals surface area contributed by atoms with E-state index in [0.29, 0.717) is 24.5 Å². The number of nitrogens with zero attached hydrogens (tertiary/aromatic N) is 3. The number of hydrogen-bond acceptors (Lipinski definition) is 5. The van der Waals surface area contributed by atoms with Crippen LogP contribution in [-0.2, 0) is 0 Å². The highest BCUT2D eigenvalue weighted by Gasteiger charge is 2.23. The fraction of sp³-hybridized carbons (Fsp3) is 0.281. The zero-order chi connectivity index (χ0) is 26.1. The Morgan fingerprint density at radius 1 is 0.816 bits per heavy atom. The largest absolute Gasteiger partial charge is 0.362 e. The Hall–Kier alpha value is -4.19. The van der Waals surface area contributed by atoms with Crippen molar-refractivity contribution in [2.45, 2.75) is 31.7 Å². The zero-order valence-electron chi connectivity index (χ0n) is 21.9. The molecule has 4 aromatic carbocycles. The molecule has 0 bridgehead atoms. The average molecular weight is 504 g/mol. The maximum atomic E-state index is 13.2. The summed E-state index contributed by atoms with van der Waals surface area (Å²) < 4.78 is 0. The average Bonchev–Trinajstić information content (AvgIpc) is 2.94. The molecule has 1 saturated carbocycles. The van der Waals surface area contributed by atoms with Gasteiger partial charge < -0.3 is 15.5 Å². The summed E-state index contributed by atoms with van der Waals surface area (Å²) >= 11 is 0. The lowest BCUT2D eigenvalue weighted by Crippen LogP contribution is -2.34. The van der Waals surface area contributed by atoms with Gasteiger partial charge in [-0.2, -0.15) is 4.98 Å². The van der Waals surface area contributed by atoms with Crippen LogP contribution in [0.5, 0.6) is 0 Å². The molecule has 6 nitrogen and oxygen atoms in total. The Morgan fingerprint density at radius 2 is 1.53 bits per heavy atom. The van der Waals surface area contributed by atoms with E-state index in [4.69, 9.17) is 9.97 Å². The van der Waals surface area contributed by atoms with Crippen molar-refractivity contribution in [2.24, 2.45) is 5.92 Å². The third-order valence-corrected chi connectivity index (χ3v) is 7.73. The maximum absolute atomic E-state index is 13.2. The summed E-state index contributed by atoms with van der Waals surface area (Å²) in [4.78, 5) is 24.8. The first-order valence-electron chi connectivity index (χ1n) is 13.5. The fourth-order valence-electron chi connectivity index (χ4n) is 5.66. The van der Waals surface area contributed by atoms with Crippen LogP contribution >= 0.6 is 0 Å². The van der Waals surface area contributed by atoms with E-state index in [0.717, 1.165) is 64.1 Å². The number of anilines is 2. The summed E-state index contributed by atoms with van der Waals surface area (Å²) in [6, 6.07) is 27.0. The van der Waals surface area contributed by atoms with E-state index < -0.39 is 0 Å². The van der Waals surface area contributed by atoms with Crippen LogP contribution in [0.1, 0.15) is 36.0 Å². The molecule has 1 heterocycles. The number of hydrogen-bond donors (Lipinski definition) is 2. The van der Waals surface area contributed by atoms with Gasteiger partial charge in [0.15, 0.2) is 0 Å². The normalized spacial score (nSPS) is 17.5. The number of nitrogens with one attached hydrogen (secondary N) is 2. The van der Waals surface area contributed by atoms with Gasteiger partial charge >= 0.3 is 0 Å². The number of aromatic nitrogens is 2. The van der Waals surface area contributed by atoms with Gasteiger partial charge in [-0.3, -0.25) is 4.79 Å². The maximum Gasteiger partial charge on any atom is 0.251 e. The molecule has 38 heavy (non-hydrogen) atoms. The van der Waals surface area contributed by atoms with Crippen LogP contribution in [-0.4, -0.2) is 42.6 Å². The van der Waals surface area contributed by atoms with Crippen LogP contribution in [0, 0.1) is 5.92 Å². The van der Waals surface area contributed by atoms with Crippen molar-refractivity contribution >= 4 is 50.1 Å². The Balaban J connectivity index is 1.08. The highest BCUT2D eigenvalue weighted by atomic mass is 16.1. The number of fused-ring (bicyclic) bond motifs is 3. The van der Waals surface area contributed by atoms with Crippen molar-refractivity contribution in [3.05, 3.63) is 84.4 Å². The number of benzene rings is 4. The summed E-state index contributed by atoms with van der Waals surface area (Å²) in [6.45, 7) is 0.701. The van der Waals surface area contributed by atoms with Gasteiger partial charge in [0, 0.05) is 37.6 Å². The van der Waals surface area contributed by atoms with Gasteiger partial charge in [-0.1, -0.05) is 48.5 Å². The number of amides is 1. The van der Waals surface area contributed by atoms with Gasteiger partial charge in [0.25, 0.3) is 5.91 Å². The molecule has 1 amide bonds. The molecule has 1 aromatic heterocycles. The minimum atomic E-state index is 0.00640. The summed E-state index contributed by atoms with van der Waals surface area (Å²) in [5, 5.41) is 12.3. The molecule has 1 aliphatic rings. The molecule has 1 fully saturated rings. The third-order valence-electron chi connectivity index (χ3n) is 7.73. The predicted molar refractivity (Wildman–Crippen MR) is 157 cm³/mol. The third kappa shape index (κ3) is 4.86. The van der Waals surface area contributed by atoms with E-state index in [1.807, 2.05) is 61.5 Å². The molecule has 5 aromatic rings. The SMILES string of the molecule is CN(C)c1nc(NC2CCC(CNC(=O)c3cccc4cc5ccccc5cc34)CC2)nc2ccccc12. The zero-order valence-corrected chi connectivity index (χ0v) is 21.9. The molecule has 0 spiro atoms. The predicted octanol–water partition coefficient (Wildman–Crippen LogP) is 6.40. The molecule has 1 aliphatic carbocycles. The van der Waals surface area contributed by atoms with Crippen molar-refractivity contribution in [3.8, 4) is 0 Å². The molecular formula is C32H33N5O. The molecule has 192 valence electrons. The summed E-state index contributed by atoms with van der Waals surface area (Å²) in [5.41, 5.74) is 1.69. The van der Waals surface area contributed by atoms with Gasteiger partial charge in [-0.25, -0.2) is 4.98 Å². The summed E-state index contributed by atoms with van der Waals surface area (Å²) in [5.74, 6) is 2.10. The van der Waals surface area contributed by atoms with Crippen molar-refractivity contribution in [1.82, 2.24) is 15.3 Å². The van der Waals surface area contributed by atoms with E-state index in [1.54, 1.807) is 0 Å². The van der Waals surface area contributed by atoms with Gasteiger partial charge in [-0.05, 0) is 83.5 Å². The number of carbonyl (C=O) groups is 1. The first-order valence-corrected chi connectivity index (χ1v) is 13.5. The highest BCUT2D eigenvalue weighted by molar-refractivity contribution is 6.10. The van der Waals surface area contributed by atoms with Crippen LogP contribution in [0.4, 0.5) is 11.8 Å². The quantitative estimate of drug-likeness (QED) is 0.262. The lowest BCUT2D eigenvalue weighted by molar-refractivity contribution is 0.0945. The van der Waals surface area contributed by atoms with E-state index >= 15 is 0 Å². The van der Waals surface area contributed by atoms with E-state index in [-0.39, 0.29) is 5.91 Å². The Labute approximate surface area is 223 Å². The minimum Gasteiger partial charge on any atom is -0.362 e. The fourth-order valence-corrected chi connectivity index (χ4v) is 5.66. The van der Waals surface area contributed by atoms with Crippen molar-refractivity contribution in [3.63, 3.8) is 0 Å². The first kappa shape index (κ1) is 24.2. The lowest BCUT2D eigenvalue weighted by atomic mass is 9.86. The van der Waals surface area contributed by atoms with Gasteiger partial charge in [0.2, 0.25) is 5.95 Å². The molecule has 6 rings (SSSR count). The van der Waals surface area contributed by atoms with Crippen LogP contribution in [0.3, 0.4) is 0 Å². The highest BCUT2D eigenvalue weighted by Crippen LogP contribution is 2.29. The second-order valence-electron chi connectivity index (χ2n) is 10.6. The molecule has 0 aliphatic heterocycles. The minimum absolute atomic E-state index is 0.00640. The van der Waals surface area contributed by atoms with Crippen molar-refractivity contribution < 1.29 is 4.79 Å². The standard InChI is InChI=1S/C32H33N5O/c1-37(2)30-27-11-5-6-13-29(27)35-32(36-30)34-25-16-14-21(15-17-25)20-33-31(38)26-12-7-10-24-18-22-8-3-4-9-23(22)19-28(24)26/h3-13,18-19,21,25H,14-17,20H2,1-2H3,(H,33,38)(H,34,35,36). The molecule has 6 heteroatoms. The summed E-state index contributed by atoms with van der Waals surface area (Å²) in [7, 11) is 4.02. The van der Waals surface area contributed by atoms with E-state index in [2.05, 4.69) is 47.0 Å². The van der Waals surface area contributed by atoms with Gasteiger partial charge in [0.05, 0.1) is 5.52 Å². The molecule has 0 unspecified atom stereocenters. The van der Waals surface area contributed by atoms with Crippen LogP contribution in [0.15, 0.2) is 78.9 Å². The van der Waals surface area contributed by atoms with E-state index in [1.165, 1.54) is 5.39 Å². The second kappa shape index (κ2) is 10.3. The van der Waals surface area contributed by atoms with E-state index in [9.17, 15) is 4.79 Å². The van der Waals surface area contributed by atoms with Crippen LogP contribution < -0.4 is 15.5 Å². The smallest absolute Gasteiger partial charge is 0.251 e. The lowest BCUT2D eigenvalue weighted by Gasteiger charge is -2.29. The van der Waals surface area contributed by atoms with Gasteiger partial charge in [-0.15, -0.1) is 0 Å². The molecule has 2 N–H and O–H groups in total. The number of carbonyl (C=O) groups excluding carboxylic acids is 1. The Kier molecular flexibility index (Phi) is 6.54. The summed E-state index contributed by atoms with van der Waals surface area (Å²) in [6.07, 6.45) is 4.20. The molecule has 0 radical (unpaired) electrons. The topological polar surface area (TPSA) is 70.2 Å². The first-order chi connectivity index (χ1) is 18.5. The molecular weight excluding hydrogens is 470 g/mol. The van der Waals surface area contributed by atoms with Gasteiger partial charge in [0.1, 0.15) is 5.82 Å². The number of para-hydroxylation sites is 1. The van der Waals surface area contributed by atoms with Crippen LogP contribution in [0.2, 0.25) is 0 Å². The Bertz CT molecular complexity index is 1620. The molecule has 0 saturated heterocycles. The Morgan fingerprint density at radius 3 is 2.32 bits per heavy atom.